The molecular formula is C28H35FN4O3S. The minimum atomic E-state index is -3.70. The van der Waals surface area contributed by atoms with Gasteiger partial charge >= 0.3 is 0 Å². The largest absolute Gasteiger partial charge is 0.395 e. The van der Waals surface area contributed by atoms with Crippen molar-refractivity contribution in [3.05, 3.63) is 70.9 Å². The van der Waals surface area contributed by atoms with Gasteiger partial charge in [0.25, 0.3) is 10.0 Å². The van der Waals surface area contributed by atoms with Crippen molar-refractivity contribution in [2.75, 3.05) is 26.2 Å². The lowest BCUT2D eigenvalue weighted by Gasteiger charge is -2.57. The topological polar surface area (TPSA) is 78.7 Å². The molecule has 0 radical (unpaired) electrons. The maximum absolute atomic E-state index is 14.0. The molecule has 0 amide bonds. The number of rotatable bonds is 5. The number of sulfonamides is 1. The first-order chi connectivity index (χ1) is 17.6. The zero-order valence-corrected chi connectivity index (χ0v) is 22.7. The van der Waals surface area contributed by atoms with Crippen molar-refractivity contribution < 1.29 is 17.9 Å². The molecule has 2 aromatic carbocycles. The van der Waals surface area contributed by atoms with Gasteiger partial charge in [-0.3, -0.25) is 4.90 Å². The molecule has 3 aromatic rings. The van der Waals surface area contributed by atoms with Crippen LogP contribution in [0.15, 0.2) is 47.6 Å². The van der Waals surface area contributed by atoms with Crippen molar-refractivity contribution in [1.82, 2.24) is 18.8 Å². The molecule has 37 heavy (non-hydrogen) atoms. The Morgan fingerprint density at radius 2 is 1.73 bits per heavy atom. The number of hydrogen-bond acceptors (Lipinski definition) is 5. The summed E-state index contributed by atoms with van der Waals surface area (Å²) in [6.07, 6.45) is 3.08. The standard InChI is InChI=1S/C28H35FN4O3S/c1-18-19(2)24(29)12-11-23(18)21-7-9-22(10-8-21)28-25-16-32(13-5-6-14-33(25)26(28)17-34)37(35,36)27-15-30-20(3)31(27)4/h7-12,15,25-26,28,34H,5-6,13-14,16-17H2,1-4H3/t25-,26?,28-/m0/s1. The number of halogens is 1. The fraction of sp³-hybridized carbons (Fsp3) is 0.464. The number of aromatic nitrogens is 2. The minimum absolute atomic E-state index is 0.0131. The zero-order chi connectivity index (χ0) is 26.5. The van der Waals surface area contributed by atoms with Crippen LogP contribution < -0.4 is 0 Å². The lowest BCUT2D eigenvalue weighted by atomic mass is 9.74. The van der Waals surface area contributed by atoms with Gasteiger partial charge in [0.15, 0.2) is 5.03 Å². The van der Waals surface area contributed by atoms with E-state index in [1.807, 2.05) is 25.1 Å². The summed E-state index contributed by atoms with van der Waals surface area (Å²) in [6, 6.07) is 11.5. The predicted molar refractivity (Wildman–Crippen MR) is 141 cm³/mol. The molecule has 2 saturated heterocycles. The number of fused-ring (bicyclic) bond motifs is 1. The molecule has 5 rings (SSSR count). The monoisotopic (exact) mass is 526 g/mol. The van der Waals surface area contributed by atoms with Crippen LogP contribution in [0.5, 0.6) is 0 Å². The molecule has 2 aliphatic rings. The van der Waals surface area contributed by atoms with Crippen LogP contribution in [-0.2, 0) is 17.1 Å². The van der Waals surface area contributed by atoms with Crippen molar-refractivity contribution in [3.8, 4) is 11.1 Å². The van der Waals surface area contributed by atoms with Crippen LogP contribution in [0.1, 0.15) is 41.3 Å². The summed E-state index contributed by atoms with van der Waals surface area (Å²) in [5.74, 6) is 0.461. The van der Waals surface area contributed by atoms with Gasteiger partial charge in [0.2, 0.25) is 0 Å². The normalized spacial score (nSPS) is 23.2. The maximum Gasteiger partial charge on any atom is 0.260 e. The third-order valence-corrected chi connectivity index (χ3v) is 10.4. The van der Waals surface area contributed by atoms with Crippen molar-refractivity contribution >= 4 is 10.0 Å². The molecular weight excluding hydrogens is 491 g/mol. The fourth-order valence-corrected chi connectivity index (χ4v) is 7.61. The lowest BCUT2D eigenvalue weighted by Crippen LogP contribution is -2.67. The fourth-order valence-electron chi connectivity index (χ4n) is 5.97. The first kappa shape index (κ1) is 26.0. The minimum Gasteiger partial charge on any atom is -0.395 e. The molecule has 2 fully saturated rings. The molecule has 3 heterocycles. The van der Waals surface area contributed by atoms with Gasteiger partial charge in [-0.25, -0.2) is 17.8 Å². The summed E-state index contributed by atoms with van der Waals surface area (Å²) < 4.78 is 44.4. The molecule has 0 aliphatic carbocycles. The zero-order valence-electron chi connectivity index (χ0n) is 21.9. The third kappa shape index (κ3) is 4.41. The van der Waals surface area contributed by atoms with Crippen LogP contribution in [0.4, 0.5) is 4.39 Å². The first-order valence-electron chi connectivity index (χ1n) is 12.9. The van der Waals surface area contributed by atoms with E-state index >= 15 is 0 Å². The van der Waals surface area contributed by atoms with Crippen LogP contribution >= 0.6 is 0 Å². The molecule has 0 bridgehead atoms. The molecule has 7 nitrogen and oxygen atoms in total. The van der Waals surface area contributed by atoms with Gasteiger partial charge < -0.3 is 9.67 Å². The number of benzene rings is 2. The van der Waals surface area contributed by atoms with Crippen LogP contribution in [-0.4, -0.2) is 70.6 Å². The molecule has 3 atom stereocenters. The summed E-state index contributed by atoms with van der Waals surface area (Å²) in [7, 11) is -1.98. The van der Waals surface area contributed by atoms with E-state index in [9.17, 15) is 17.9 Å². The van der Waals surface area contributed by atoms with E-state index in [-0.39, 0.29) is 35.5 Å². The van der Waals surface area contributed by atoms with Gasteiger partial charge in [0, 0.05) is 38.1 Å². The Bertz CT molecular complexity index is 1400. The number of imidazole rings is 1. The quantitative estimate of drug-likeness (QED) is 0.548. The molecule has 1 N–H and O–H groups in total. The Labute approximate surface area is 218 Å². The maximum atomic E-state index is 14.0. The number of aliphatic hydroxyl groups is 1. The van der Waals surface area contributed by atoms with Crippen molar-refractivity contribution in [3.63, 3.8) is 0 Å². The summed E-state index contributed by atoms with van der Waals surface area (Å²) in [4.78, 5) is 6.46. The van der Waals surface area contributed by atoms with E-state index in [4.69, 9.17) is 0 Å². The Hall–Kier alpha value is -2.59. The highest BCUT2D eigenvalue weighted by molar-refractivity contribution is 7.89. The summed E-state index contributed by atoms with van der Waals surface area (Å²) >= 11 is 0. The van der Waals surface area contributed by atoms with Crippen molar-refractivity contribution in [1.29, 1.82) is 0 Å². The highest BCUT2D eigenvalue weighted by atomic mass is 32.2. The number of aliphatic hydroxyl groups excluding tert-OH is 1. The summed E-state index contributed by atoms with van der Waals surface area (Å²) in [6.45, 7) is 7.21. The number of nitrogens with zero attached hydrogens (tertiary/aromatic N) is 4. The van der Waals surface area contributed by atoms with Crippen LogP contribution in [0.25, 0.3) is 11.1 Å². The second-order valence-corrected chi connectivity index (χ2v) is 12.2. The second-order valence-electron chi connectivity index (χ2n) is 10.3. The van der Waals surface area contributed by atoms with Gasteiger partial charge in [-0.2, -0.15) is 4.31 Å². The van der Waals surface area contributed by atoms with E-state index in [0.29, 0.717) is 24.5 Å². The van der Waals surface area contributed by atoms with Crippen LogP contribution in [0.2, 0.25) is 0 Å². The Morgan fingerprint density at radius 3 is 2.38 bits per heavy atom. The van der Waals surface area contributed by atoms with Crippen molar-refractivity contribution in [2.24, 2.45) is 7.05 Å². The first-order valence-corrected chi connectivity index (χ1v) is 14.3. The van der Waals surface area contributed by atoms with E-state index in [0.717, 1.165) is 41.6 Å². The Balaban J connectivity index is 1.44. The SMILES string of the molecule is Cc1c(F)ccc(-c2ccc([C@@H]3C(CO)N4CCCCN(S(=O)(=O)c5cnc(C)n5C)C[C@@H]34)cc2)c1C. The molecule has 198 valence electrons. The van der Waals surface area contributed by atoms with E-state index in [1.165, 1.54) is 12.3 Å². The Kier molecular flexibility index (Phi) is 7.00. The van der Waals surface area contributed by atoms with Crippen molar-refractivity contribution in [2.45, 2.75) is 56.6 Å². The van der Waals surface area contributed by atoms with Gasteiger partial charge in [0.1, 0.15) is 11.6 Å². The molecule has 1 unspecified atom stereocenters. The van der Waals surface area contributed by atoms with Crippen LogP contribution in [0, 0.1) is 26.6 Å². The number of hydrogen-bond donors (Lipinski definition) is 1. The highest BCUT2D eigenvalue weighted by Crippen LogP contribution is 2.43. The smallest absolute Gasteiger partial charge is 0.260 e. The van der Waals surface area contributed by atoms with Gasteiger partial charge in [-0.15, -0.1) is 0 Å². The molecule has 2 aliphatic heterocycles. The summed E-state index contributed by atoms with van der Waals surface area (Å²) in [5, 5.41) is 10.5. The van der Waals surface area contributed by atoms with Gasteiger partial charge in [-0.1, -0.05) is 30.3 Å². The Morgan fingerprint density at radius 1 is 1.03 bits per heavy atom. The second kappa shape index (κ2) is 9.94. The molecule has 0 saturated carbocycles. The molecule has 1 aromatic heterocycles. The van der Waals surface area contributed by atoms with E-state index < -0.39 is 10.0 Å². The van der Waals surface area contributed by atoms with E-state index in [1.54, 1.807) is 29.8 Å². The average Bonchev–Trinajstić information content (AvgIpc) is 3.20. The van der Waals surface area contributed by atoms with Gasteiger partial charge in [-0.05, 0) is 74.0 Å². The molecule has 9 heteroatoms. The van der Waals surface area contributed by atoms with Gasteiger partial charge in [0.05, 0.1) is 12.8 Å². The predicted octanol–water partition coefficient (Wildman–Crippen LogP) is 3.76. The van der Waals surface area contributed by atoms with E-state index in [2.05, 4.69) is 22.0 Å². The average molecular weight is 527 g/mol. The number of aryl methyl sites for hydroxylation is 1. The highest BCUT2D eigenvalue weighted by Gasteiger charge is 2.50. The molecule has 0 spiro atoms. The lowest BCUT2D eigenvalue weighted by molar-refractivity contribution is -0.0554. The van der Waals surface area contributed by atoms with Crippen LogP contribution in [0.3, 0.4) is 0 Å². The third-order valence-electron chi connectivity index (χ3n) is 8.44. The summed E-state index contributed by atoms with van der Waals surface area (Å²) in [5.41, 5.74) is 4.65.